The highest BCUT2D eigenvalue weighted by Gasteiger charge is 2.28. The number of hydrogen-bond donors (Lipinski definition) is 1. The van der Waals surface area contributed by atoms with E-state index >= 15 is 0 Å². The molecule has 0 radical (unpaired) electrons. The summed E-state index contributed by atoms with van der Waals surface area (Å²) in [4.78, 5) is 0. The monoisotopic (exact) mass is 256 g/mol. The van der Waals surface area contributed by atoms with Gasteiger partial charge in [-0.25, -0.2) is 0 Å². The van der Waals surface area contributed by atoms with Gasteiger partial charge in [-0.1, -0.05) is 48.5 Å². The molecule has 0 saturated carbocycles. The van der Waals surface area contributed by atoms with Gasteiger partial charge in [-0.3, -0.25) is 0 Å². The van der Waals surface area contributed by atoms with Crippen molar-refractivity contribution in [3.63, 3.8) is 0 Å². The van der Waals surface area contributed by atoms with Gasteiger partial charge < -0.3 is 9.84 Å². The molecule has 0 fully saturated rings. The lowest BCUT2D eigenvalue weighted by Crippen LogP contribution is -2.24. The average Bonchev–Trinajstić information content (AvgIpc) is 2.39. The molecule has 1 unspecified atom stereocenters. The molecule has 19 heavy (non-hydrogen) atoms. The standard InChI is InChI=1S/C17H20O2/c1-13(2)19-16-12-8-7-11-15(16)17(3,18)14-9-5-4-6-10-14/h4-13,18H,1-3H3. The number of benzene rings is 2. The summed E-state index contributed by atoms with van der Waals surface area (Å²) in [7, 11) is 0. The van der Waals surface area contributed by atoms with Gasteiger partial charge in [-0.2, -0.15) is 0 Å². The summed E-state index contributed by atoms with van der Waals surface area (Å²) in [5, 5.41) is 10.9. The molecule has 100 valence electrons. The summed E-state index contributed by atoms with van der Waals surface area (Å²) >= 11 is 0. The molecule has 0 aliphatic heterocycles. The van der Waals surface area contributed by atoms with E-state index in [0.29, 0.717) is 0 Å². The van der Waals surface area contributed by atoms with Gasteiger partial charge in [0.1, 0.15) is 11.4 Å². The summed E-state index contributed by atoms with van der Waals surface area (Å²) < 4.78 is 5.79. The van der Waals surface area contributed by atoms with Crippen molar-refractivity contribution in [2.24, 2.45) is 0 Å². The van der Waals surface area contributed by atoms with Crippen molar-refractivity contribution in [3.05, 3.63) is 65.7 Å². The van der Waals surface area contributed by atoms with E-state index in [1.54, 1.807) is 6.92 Å². The Morgan fingerprint density at radius 3 is 2.16 bits per heavy atom. The van der Waals surface area contributed by atoms with E-state index in [1.807, 2.05) is 68.4 Å². The van der Waals surface area contributed by atoms with E-state index in [-0.39, 0.29) is 6.10 Å². The molecule has 1 N–H and O–H groups in total. The van der Waals surface area contributed by atoms with Crippen LogP contribution in [0, 0.1) is 0 Å². The molecule has 0 bridgehead atoms. The van der Waals surface area contributed by atoms with E-state index in [0.717, 1.165) is 16.9 Å². The molecule has 2 nitrogen and oxygen atoms in total. The topological polar surface area (TPSA) is 29.5 Å². The summed E-state index contributed by atoms with van der Waals surface area (Å²) in [6.45, 7) is 5.76. The van der Waals surface area contributed by atoms with Gasteiger partial charge in [-0.05, 0) is 32.4 Å². The summed E-state index contributed by atoms with van der Waals surface area (Å²) in [5.74, 6) is 0.728. The van der Waals surface area contributed by atoms with Crippen LogP contribution in [0.25, 0.3) is 0 Å². The van der Waals surface area contributed by atoms with E-state index in [1.165, 1.54) is 0 Å². The van der Waals surface area contributed by atoms with Crippen LogP contribution in [0.5, 0.6) is 5.75 Å². The van der Waals surface area contributed by atoms with Crippen LogP contribution in [0.4, 0.5) is 0 Å². The number of rotatable bonds is 4. The van der Waals surface area contributed by atoms with Crippen LogP contribution in [0.2, 0.25) is 0 Å². The minimum Gasteiger partial charge on any atom is -0.491 e. The first-order chi connectivity index (χ1) is 9.01. The zero-order chi connectivity index (χ0) is 13.9. The first-order valence-electron chi connectivity index (χ1n) is 6.56. The average molecular weight is 256 g/mol. The predicted octanol–water partition coefficient (Wildman–Crippen LogP) is 3.73. The predicted molar refractivity (Wildman–Crippen MR) is 77.3 cm³/mol. The zero-order valence-corrected chi connectivity index (χ0v) is 11.6. The van der Waals surface area contributed by atoms with E-state index in [9.17, 15) is 5.11 Å². The van der Waals surface area contributed by atoms with Gasteiger partial charge in [0.25, 0.3) is 0 Å². The third-order valence-electron chi connectivity index (χ3n) is 3.11. The van der Waals surface area contributed by atoms with Crippen LogP contribution in [0.3, 0.4) is 0 Å². The Morgan fingerprint density at radius 1 is 0.947 bits per heavy atom. The van der Waals surface area contributed by atoms with Crippen molar-refractivity contribution < 1.29 is 9.84 Å². The van der Waals surface area contributed by atoms with Gasteiger partial charge >= 0.3 is 0 Å². The van der Waals surface area contributed by atoms with Crippen molar-refractivity contribution in [2.75, 3.05) is 0 Å². The minimum absolute atomic E-state index is 0.0766. The molecule has 2 heteroatoms. The second-order valence-corrected chi connectivity index (χ2v) is 5.10. The van der Waals surface area contributed by atoms with Gasteiger partial charge in [0.15, 0.2) is 0 Å². The lowest BCUT2D eigenvalue weighted by atomic mass is 9.87. The van der Waals surface area contributed by atoms with Gasteiger partial charge in [-0.15, -0.1) is 0 Å². The van der Waals surface area contributed by atoms with E-state index in [2.05, 4.69) is 0 Å². The molecule has 0 aromatic heterocycles. The van der Waals surface area contributed by atoms with Crippen LogP contribution in [0.1, 0.15) is 31.9 Å². The van der Waals surface area contributed by atoms with Crippen LogP contribution in [0.15, 0.2) is 54.6 Å². The minimum atomic E-state index is -1.06. The Labute approximate surface area is 114 Å². The third-order valence-corrected chi connectivity index (χ3v) is 3.11. The Kier molecular flexibility index (Phi) is 3.91. The van der Waals surface area contributed by atoms with Gasteiger partial charge in [0.2, 0.25) is 0 Å². The quantitative estimate of drug-likeness (QED) is 0.903. The molecule has 0 aliphatic carbocycles. The smallest absolute Gasteiger partial charge is 0.126 e. The van der Waals surface area contributed by atoms with E-state index in [4.69, 9.17) is 4.74 Å². The van der Waals surface area contributed by atoms with Crippen molar-refractivity contribution in [1.82, 2.24) is 0 Å². The lowest BCUT2D eigenvalue weighted by molar-refractivity contribution is 0.0958. The highest BCUT2D eigenvalue weighted by atomic mass is 16.5. The maximum absolute atomic E-state index is 10.9. The molecule has 0 amide bonds. The normalized spacial score (nSPS) is 14.2. The molecule has 0 aliphatic rings. The Balaban J connectivity index is 2.46. The Morgan fingerprint density at radius 2 is 1.53 bits per heavy atom. The van der Waals surface area contributed by atoms with Crippen LogP contribution in [-0.2, 0) is 5.60 Å². The molecule has 1 atom stereocenters. The van der Waals surface area contributed by atoms with Crippen LogP contribution in [-0.4, -0.2) is 11.2 Å². The molecule has 0 spiro atoms. The van der Waals surface area contributed by atoms with Crippen LogP contribution < -0.4 is 4.74 Å². The number of hydrogen-bond acceptors (Lipinski definition) is 2. The second kappa shape index (κ2) is 5.45. The van der Waals surface area contributed by atoms with Crippen molar-refractivity contribution in [1.29, 1.82) is 0 Å². The fraction of sp³-hybridized carbons (Fsp3) is 0.294. The van der Waals surface area contributed by atoms with Gasteiger partial charge in [0, 0.05) is 5.56 Å². The Bertz CT molecular complexity index is 530. The SMILES string of the molecule is CC(C)Oc1ccccc1C(C)(O)c1ccccc1. The second-order valence-electron chi connectivity index (χ2n) is 5.10. The number of ether oxygens (including phenoxy) is 1. The molecule has 2 aromatic rings. The maximum Gasteiger partial charge on any atom is 0.126 e. The first kappa shape index (κ1) is 13.6. The van der Waals surface area contributed by atoms with Crippen molar-refractivity contribution >= 4 is 0 Å². The molecular weight excluding hydrogens is 236 g/mol. The first-order valence-corrected chi connectivity index (χ1v) is 6.56. The molecular formula is C17H20O2. The maximum atomic E-state index is 10.9. The number of para-hydroxylation sites is 1. The Hall–Kier alpha value is -1.80. The lowest BCUT2D eigenvalue weighted by Gasteiger charge is -2.27. The largest absolute Gasteiger partial charge is 0.491 e. The fourth-order valence-electron chi connectivity index (χ4n) is 2.14. The van der Waals surface area contributed by atoms with Crippen LogP contribution >= 0.6 is 0 Å². The van der Waals surface area contributed by atoms with E-state index < -0.39 is 5.60 Å². The molecule has 2 aromatic carbocycles. The highest BCUT2D eigenvalue weighted by molar-refractivity contribution is 5.44. The molecule has 0 saturated heterocycles. The fourth-order valence-corrected chi connectivity index (χ4v) is 2.14. The van der Waals surface area contributed by atoms with Crippen molar-refractivity contribution in [3.8, 4) is 5.75 Å². The van der Waals surface area contributed by atoms with Gasteiger partial charge in [0.05, 0.1) is 6.10 Å². The highest BCUT2D eigenvalue weighted by Crippen LogP contribution is 2.35. The zero-order valence-electron chi connectivity index (χ0n) is 11.6. The summed E-state index contributed by atoms with van der Waals surface area (Å²) in [5.41, 5.74) is 0.580. The summed E-state index contributed by atoms with van der Waals surface area (Å²) in [6, 6.07) is 17.3. The van der Waals surface area contributed by atoms with Crippen molar-refractivity contribution in [2.45, 2.75) is 32.5 Å². The number of aliphatic hydroxyl groups is 1. The molecule has 0 heterocycles. The molecule has 2 rings (SSSR count). The summed E-state index contributed by atoms with van der Waals surface area (Å²) in [6.07, 6.45) is 0.0766. The third kappa shape index (κ3) is 2.96.